The molecule has 0 radical (unpaired) electrons. The van der Waals surface area contributed by atoms with E-state index >= 15 is 0 Å². The van der Waals surface area contributed by atoms with Gasteiger partial charge in [-0.15, -0.1) is 5.10 Å². The van der Waals surface area contributed by atoms with E-state index in [9.17, 15) is 0 Å². The molecule has 2 aromatic rings. The van der Waals surface area contributed by atoms with Crippen LogP contribution < -0.4 is 10.6 Å². The number of hydrogen-bond donors (Lipinski definition) is 1. The number of aromatic nitrogens is 3. The summed E-state index contributed by atoms with van der Waals surface area (Å²) in [6, 6.07) is 7.97. The first-order chi connectivity index (χ1) is 8.74. The summed E-state index contributed by atoms with van der Waals surface area (Å²) in [6.45, 7) is 6.77. The average molecular weight is 245 g/mol. The van der Waals surface area contributed by atoms with Gasteiger partial charge in [-0.1, -0.05) is 17.3 Å². The first-order valence-corrected chi connectivity index (χ1v) is 6.22. The first kappa shape index (κ1) is 12.4. The smallest absolute Gasteiger partial charge is 0.147 e. The Morgan fingerprint density at radius 2 is 1.94 bits per heavy atom. The minimum absolute atomic E-state index is 0.794. The van der Waals surface area contributed by atoms with Crippen LogP contribution in [-0.2, 0) is 13.1 Å². The molecule has 0 fully saturated rings. The van der Waals surface area contributed by atoms with Crippen molar-refractivity contribution < 1.29 is 0 Å². The molecule has 0 unspecified atom stereocenters. The number of nitrogen functional groups attached to an aromatic ring is 1. The minimum atomic E-state index is 0.794. The highest BCUT2D eigenvalue weighted by atomic mass is 15.5. The van der Waals surface area contributed by atoms with Crippen LogP contribution in [0, 0.1) is 0 Å². The first-order valence-electron chi connectivity index (χ1n) is 6.22. The fraction of sp³-hybridized carbons (Fsp3) is 0.385. The average Bonchev–Trinajstić information content (AvgIpc) is 2.86. The van der Waals surface area contributed by atoms with Gasteiger partial charge in [-0.3, -0.25) is 0 Å². The Balaban J connectivity index is 2.17. The molecule has 0 saturated heterocycles. The summed E-state index contributed by atoms with van der Waals surface area (Å²) in [5.74, 6) is 1.05. The molecule has 0 aliphatic heterocycles. The van der Waals surface area contributed by atoms with Crippen LogP contribution in [0.3, 0.4) is 0 Å². The van der Waals surface area contributed by atoms with Crippen LogP contribution in [0.4, 0.5) is 11.5 Å². The molecule has 0 spiro atoms. The van der Waals surface area contributed by atoms with Gasteiger partial charge >= 0.3 is 0 Å². The molecule has 0 aliphatic carbocycles. The van der Waals surface area contributed by atoms with Gasteiger partial charge in [0.2, 0.25) is 0 Å². The van der Waals surface area contributed by atoms with Gasteiger partial charge in [-0.05, 0) is 31.5 Å². The molecule has 0 bridgehead atoms. The van der Waals surface area contributed by atoms with Crippen LogP contribution in [0.15, 0.2) is 30.5 Å². The number of anilines is 2. The van der Waals surface area contributed by atoms with Gasteiger partial charge < -0.3 is 10.6 Å². The van der Waals surface area contributed by atoms with E-state index < -0.39 is 0 Å². The maximum atomic E-state index is 5.69. The van der Waals surface area contributed by atoms with Crippen molar-refractivity contribution in [3.05, 3.63) is 36.0 Å². The molecule has 0 aliphatic rings. The zero-order chi connectivity index (χ0) is 13.0. The Labute approximate surface area is 107 Å². The molecular weight excluding hydrogens is 226 g/mol. The Hall–Kier alpha value is -2.04. The summed E-state index contributed by atoms with van der Waals surface area (Å²) in [6.07, 6.45) is 1.81. The Bertz CT molecular complexity index is 488. The number of benzene rings is 1. The van der Waals surface area contributed by atoms with Gasteiger partial charge in [0.15, 0.2) is 0 Å². The summed E-state index contributed by atoms with van der Waals surface area (Å²) in [7, 11) is 0. The Morgan fingerprint density at radius 3 is 2.56 bits per heavy atom. The summed E-state index contributed by atoms with van der Waals surface area (Å²) in [5, 5.41) is 8.03. The van der Waals surface area contributed by atoms with Crippen LogP contribution >= 0.6 is 0 Å². The largest absolute Gasteiger partial charge is 0.399 e. The van der Waals surface area contributed by atoms with Crippen LogP contribution in [-0.4, -0.2) is 21.5 Å². The van der Waals surface area contributed by atoms with Gasteiger partial charge in [-0.2, -0.15) is 0 Å². The fourth-order valence-corrected chi connectivity index (χ4v) is 1.92. The monoisotopic (exact) mass is 245 g/mol. The van der Waals surface area contributed by atoms with Crippen molar-refractivity contribution in [1.82, 2.24) is 15.0 Å². The highest BCUT2D eigenvalue weighted by Crippen LogP contribution is 2.16. The van der Waals surface area contributed by atoms with E-state index in [0.29, 0.717) is 0 Å². The zero-order valence-corrected chi connectivity index (χ0v) is 10.9. The lowest BCUT2D eigenvalue weighted by Crippen LogP contribution is -2.24. The second kappa shape index (κ2) is 5.53. The van der Waals surface area contributed by atoms with E-state index in [1.54, 1.807) is 0 Å². The lowest BCUT2D eigenvalue weighted by Gasteiger charge is -2.22. The third kappa shape index (κ3) is 2.61. The summed E-state index contributed by atoms with van der Waals surface area (Å²) in [5.41, 5.74) is 7.72. The van der Waals surface area contributed by atoms with Crippen molar-refractivity contribution in [1.29, 1.82) is 0 Å². The van der Waals surface area contributed by atoms with E-state index in [1.807, 2.05) is 23.0 Å². The van der Waals surface area contributed by atoms with Crippen LogP contribution in [0.2, 0.25) is 0 Å². The van der Waals surface area contributed by atoms with Crippen molar-refractivity contribution in [2.24, 2.45) is 0 Å². The minimum Gasteiger partial charge on any atom is -0.399 e. The second-order valence-corrected chi connectivity index (χ2v) is 4.16. The van der Waals surface area contributed by atoms with E-state index in [-0.39, 0.29) is 0 Å². The molecule has 5 nitrogen and oxygen atoms in total. The third-order valence-corrected chi connectivity index (χ3v) is 2.96. The predicted octanol–water partition coefficient (Wildman–Crippen LogP) is 1.91. The third-order valence-electron chi connectivity index (χ3n) is 2.96. The van der Waals surface area contributed by atoms with E-state index in [4.69, 9.17) is 5.73 Å². The molecule has 96 valence electrons. The van der Waals surface area contributed by atoms with E-state index in [2.05, 4.69) is 41.2 Å². The quantitative estimate of drug-likeness (QED) is 0.817. The lowest BCUT2D eigenvalue weighted by molar-refractivity contribution is 0.611. The molecule has 18 heavy (non-hydrogen) atoms. The molecule has 1 aromatic heterocycles. The molecule has 0 amide bonds. The van der Waals surface area contributed by atoms with Crippen molar-refractivity contribution >= 4 is 11.5 Å². The van der Waals surface area contributed by atoms with Crippen molar-refractivity contribution in [2.45, 2.75) is 26.9 Å². The molecule has 2 rings (SSSR count). The van der Waals surface area contributed by atoms with Gasteiger partial charge in [0, 0.05) is 25.3 Å². The number of hydrogen-bond acceptors (Lipinski definition) is 4. The van der Waals surface area contributed by atoms with Crippen LogP contribution in [0.1, 0.15) is 19.4 Å². The number of rotatable bonds is 5. The van der Waals surface area contributed by atoms with Crippen LogP contribution in [0.25, 0.3) is 0 Å². The number of nitrogens with two attached hydrogens (primary N) is 1. The SMILES string of the molecule is CCN(Cc1ccc(N)cc1)c1cnnn1CC. The van der Waals surface area contributed by atoms with Crippen LogP contribution in [0.5, 0.6) is 0 Å². The van der Waals surface area contributed by atoms with Gasteiger partial charge in [-0.25, -0.2) is 4.68 Å². The van der Waals surface area contributed by atoms with E-state index in [1.165, 1.54) is 5.56 Å². The lowest BCUT2D eigenvalue weighted by atomic mass is 10.2. The molecule has 1 heterocycles. The van der Waals surface area contributed by atoms with Crippen molar-refractivity contribution in [2.75, 3.05) is 17.2 Å². The maximum absolute atomic E-state index is 5.69. The maximum Gasteiger partial charge on any atom is 0.147 e. The topological polar surface area (TPSA) is 60.0 Å². The molecule has 5 heteroatoms. The number of nitrogens with zero attached hydrogens (tertiary/aromatic N) is 4. The molecule has 1 aromatic carbocycles. The summed E-state index contributed by atoms with van der Waals surface area (Å²) < 4.78 is 1.90. The van der Waals surface area contributed by atoms with Crippen molar-refractivity contribution in [3.63, 3.8) is 0 Å². The second-order valence-electron chi connectivity index (χ2n) is 4.16. The van der Waals surface area contributed by atoms with Gasteiger partial charge in [0.25, 0.3) is 0 Å². The number of aryl methyl sites for hydroxylation is 1. The standard InChI is InChI=1S/C13H19N5/c1-3-17(13-9-15-16-18(13)4-2)10-11-5-7-12(14)8-6-11/h5-9H,3-4,10,14H2,1-2H3. The Kier molecular flexibility index (Phi) is 3.82. The van der Waals surface area contributed by atoms with Gasteiger partial charge in [0.05, 0.1) is 6.20 Å². The van der Waals surface area contributed by atoms with Crippen molar-refractivity contribution in [3.8, 4) is 0 Å². The molecule has 0 atom stereocenters. The Morgan fingerprint density at radius 1 is 1.22 bits per heavy atom. The highest BCUT2D eigenvalue weighted by Gasteiger charge is 2.10. The zero-order valence-electron chi connectivity index (χ0n) is 10.9. The summed E-state index contributed by atoms with van der Waals surface area (Å²) >= 11 is 0. The predicted molar refractivity (Wildman–Crippen MR) is 73.3 cm³/mol. The van der Waals surface area contributed by atoms with E-state index in [0.717, 1.165) is 31.1 Å². The summed E-state index contributed by atoms with van der Waals surface area (Å²) in [4.78, 5) is 2.25. The highest BCUT2D eigenvalue weighted by molar-refractivity contribution is 5.42. The normalized spacial score (nSPS) is 10.6. The molecular formula is C13H19N5. The molecule has 2 N–H and O–H groups in total. The fourth-order valence-electron chi connectivity index (χ4n) is 1.92. The molecule has 0 saturated carbocycles. The van der Waals surface area contributed by atoms with Gasteiger partial charge in [0.1, 0.15) is 5.82 Å².